The van der Waals surface area contributed by atoms with E-state index < -0.39 is 11.4 Å². The molecule has 10 heteroatoms. The number of hydrogen-bond acceptors (Lipinski definition) is 9. The Morgan fingerprint density at radius 1 is 0.596 bits per heavy atom. The van der Waals surface area contributed by atoms with Crippen molar-refractivity contribution >= 4 is 17.9 Å². The van der Waals surface area contributed by atoms with Gasteiger partial charge in [-0.1, -0.05) is 27.7 Å². The van der Waals surface area contributed by atoms with Crippen LogP contribution in [0.2, 0.25) is 0 Å². The van der Waals surface area contributed by atoms with Crippen LogP contribution in [0.5, 0.6) is 0 Å². The minimum atomic E-state index is -0.607. The quantitative estimate of drug-likeness (QED) is 0.176. The number of fused-ring (bicyclic) bond motifs is 4. The second-order valence-corrected chi connectivity index (χ2v) is 16.6. The summed E-state index contributed by atoms with van der Waals surface area (Å²) in [5, 5.41) is 9.97. The van der Waals surface area contributed by atoms with E-state index in [0.717, 1.165) is 44.9 Å². The van der Waals surface area contributed by atoms with Gasteiger partial charge in [-0.2, -0.15) is 0 Å². The molecule has 4 aliphatic heterocycles. The maximum atomic E-state index is 12.1. The molecule has 0 aromatic rings. The normalized spacial score (nSPS) is 48.1. The molecule has 4 saturated heterocycles. The Hall–Kier alpha value is -1.75. The van der Waals surface area contributed by atoms with Gasteiger partial charge in [-0.3, -0.25) is 14.4 Å². The average molecular weight is 661 g/mol. The van der Waals surface area contributed by atoms with Gasteiger partial charge in [0, 0.05) is 12.8 Å². The first-order chi connectivity index (χ1) is 22.5. The highest BCUT2D eigenvalue weighted by molar-refractivity contribution is 5.76. The van der Waals surface area contributed by atoms with Crippen molar-refractivity contribution in [1.82, 2.24) is 0 Å². The predicted molar refractivity (Wildman–Crippen MR) is 169 cm³/mol. The van der Waals surface area contributed by atoms with E-state index in [4.69, 9.17) is 28.4 Å². The van der Waals surface area contributed by atoms with Gasteiger partial charge in [0.15, 0.2) is 0 Å². The van der Waals surface area contributed by atoms with E-state index in [1.54, 1.807) is 0 Å². The molecule has 0 aromatic heterocycles. The molecule has 16 unspecified atom stereocenters. The number of carboxylic acid groups (broad SMARTS) is 1. The predicted octanol–water partition coefficient (Wildman–Crippen LogP) is 5.33. The molecule has 8 rings (SSSR count). The molecular formula is C37H56O10. The number of carbonyl (C=O) groups excluding carboxylic acids is 2. The van der Waals surface area contributed by atoms with Crippen LogP contribution in [-0.4, -0.2) is 85.1 Å². The first-order valence-electron chi connectivity index (χ1n) is 18.7. The summed E-state index contributed by atoms with van der Waals surface area (Å²) in [6.07, 6.45) is 12.9. The van der Waals surface area contributed by atoms with Gasteiger partial charge in [-0.05, 0) is 106 Å². The molecule has 1 N–H and O–H groups in total. The van der Waals surface area contributed by atoms with Crippen LogP contribution in [0.1, 0.15) is 105 Å². The molecule has 0 radical (unpaired) electrons. The number of carboxylic acids is 1. The lowest BCUT2D eigenvalue weighted by atomic mass is 9.54. The summed E-state index contributed by atoms with van der Waals surface area (Å²) in [4.78, 5) is 36.0. The maximum Gasteiger partial charge on any atom is 0.310 e. The number of esters is 2. The largest absolute Gasteiger partial charge is 0.481 e. The average Bonchev–Trinajstić information content (AvgIpc) is 3.83. The number of rotatable bonds is 11. The van der Waals surface area contributed by atoms with Crippen molar-refractivity contribution < 1.29 is 47.9 Å². The first-order valence-corrected chi connectivity index (χ1v) is 18.7. The molecule has 4 aliphatic carbocycles. The molecule has 8 fully saturated rings. The van der Waals surface area contributed by atoms with Crippen molar-refractivity contribution in [2.75, 3.05) is 13.2 Å². The van der Waals surface area contributed by atoms with E-state index in [1.807, 2.05) is 0 Å². The van der Waals surface area contributed by atoms with Gasteiger partial charge in [0.25, 0.3) is 0 Å². The second-order valence-electron chi connectivity index (χ2n) is 16.6. The summed E-state index contributed by atoms with van der Waals surface area (Å²) < 4.78 is 33.3. The van der Waals surface area contributed by atoms with Gasteiger partial charge in [0.2, 0.25) is 0 Å². The lowest BCUT2D eigenvalue weighted by Crippen LogP contribution is -2.51. The molecule has 4 saturated carbocycles. The maximum absolute atomic E-state index is 12.1. The summed E-state index contributed by atoms with van der Waals surface area (Å²) >= 11 is 0. The molecule has 0 bridgehead atoms. The summed E-state index contributed by atoms with van der Waals surface area (Å²) in [5.74, 6) is 1.91. The highest BCUT2D eigenvalue weighted by Gasteiger charge is 2.64. The van der Waals surface area contributed by atoms with Crippen LogP contribution in [0.25, 0.3) is 0 Å². The first kappa shape index (κ1) is 33.7. The zero-order valence-corrected chi connectivity index (χ0v) is 28.7. The van der Waals surface area contributed by atoms with Crippen LogP contribution in [0.3, 0.4) is 0 Å². The highest BCUT2D eigenvalue weighted by Crippen LogP contribution is 2.60. The van der Waals surface area contributed by atoms with E-state index >= 15 is 0 Å². The summed E-state index contributed by atoms with van der Waals surface area (Å²) in [6.45, 7) is 9.75. The van der Waals surface area contributed by atoms with Crippen LogP contribution in [0.15, 0.2) is 0 Å². The molecule has 0 aromatic carbocycles. The minimum Gasteiger partial charge on any atom is -0.481 e. The zero-order chi connectivity index (χ0) is 33.0. The number of epoxide rings is 4. The summed E-state index contributed by atoms with van der Waals surface area (Å²) in [5.41, 5.74) is -0.589. The van der Waals surface area contributed by atoms with Crippen molar-refractivity contribution in [1.29, 1.82) is 0 Å². The third-order valence-electron chi connectivity index (χ3n) is 13.4. The summed E-state index contributed by atoms with van der Waals surface area (Å²) in [7, 11) is 0. The third-order valence-corrected chi connectivity index (χ3v) is 13.4. The van der Waals surface area contributed by atoms with Crippen LogP contribution < -0.4 is 0 Å². The van der Waals surface area contributed by atoms with E-state index in [0.29, 0.717) is 118 Å². The monoisotopic (exact) mass is 660 g/mol. The van der Waals surface area contributed by atoms with Crippen LogP contribution in [0.4, 0.5) is 0 Å². The van der Waals surface area contributed by atoms with E-state index in [2.05, 4.69) is 27.7 Å². The number of unbranched alkanes of at least 4 members (excludes halogenated alkanes) is 1. The molecule has 0 amide bonds. The molecule has 16 atom stereocenters. The van der Waals surface area contributed by atoms with Gasteiger partial charge in [-0.15, -0.1) is 0 Å². The second kappa shape index (κ2) is 13.5. The topological polar surface area (TPSA) is 140 Å². The molecule has 47 heavy (non-hydrogen) atoms. The SMILES string of the molecule is CC1CC2OC2CC1C1(C(=O)O)CC2OC2CC1C.CC1CC2OC2CC1COC(=O)CCCCC(=O)OCC1CC2OC2CC1C. The van der Waals surface area contributed by atoms with Gasteiger partial charge in [0.1, 0.15) is 0 Å². The fraction of sp³-hybridized carbons (Fsp3) is 0.919. The van der Waals surface area contributed by atoms with Crippen molar-refractivity contribution in [2.24, 2.45) is 46.8 Å². The van der Waals surface area contributed by atoms with Crippen LogP contribution in [0, 0.1) is 46.8 Å². The van der Waals surface area contributed by atoms with E-state index in [9.17, 15) is 19.5 Å². The highest BCUT2D eigenvalue weighted by atomic mass is 16.6. The fourth-order valence-corrected chi connectivity index (χ4v) is 9.87. The third kappa shape index (κ3) is 7.56. The Balaban J connectivity index is 0.000000160. The van der Waals surface area contributed by atoms with E-state index in [-0.39, 0.29) is 29.9 Å². The lowest BCUT2D eigenvalue weighted by Gasteiger charge is -2.47. The Morgan fingerprint density at radius 3 is 1.53 bits per heavy atom. The number of hydrogen-bond donors (Lipinski definition) is 1. The van der Waals surface area contributed by atoms with Gasteiger partial charge in [0.05, 0.1) is 67.5 Å². The van der Waals surface area contributed by atoms with Gasteiger partial charge >= 0.3 is 17.9 Å². The standard InChI is InChI=1S/C22H34O6.C15H22O4/c1-13-7-17-19(27-17)9-15(13)11-25-21(23)5-3-4-6-22(24)26-12-16-10-20-18(28-20)8-14(16)2;1-7-3-10-12(18-10)5-9(7)15(14(16)17)6-13-11(19-13)4-8(15)2/h13-20H,3-12H2,1-2H3;7-13H,3-6H2,1-2H3,(H,16,17). The molecule has 8 aliphatic rings. The minimum absolute atomic E-state index is 0.158. The van der Waals surface area contributed by atoms with E-state index in [1.165, 1.54) is 0 Å². The molecule has 4 heterocycles. The van der Waals surface area contributed by atoms with Crippen LogP contribution >= 0.6 is 0 Å². The van der Waals surface area contributed by atoms with Crippen molar-refractivity contribution in [3.05, 3.63) is 0 Å². The molecule has 10 nitrogen and oxygen atoms in total. The Bertz CT molecular complexity index is 1130. The Labute approximate surface area is 279 Å². The van der Waals surface area contributed by atoms with Crippen molar-refractivity contribution in [3.8, 4) is 0 Å². The zero-order valence-electron chi connectivity index (χ0n) is 28.7. The van der Waals surface area contributed by atoms with Gasteiger partial charge in [-0.25, -0.2) is 0 Å². The number of carbonyl (C=O) groups is 3. The smallest absolute Gasteiger partial charge is 0.310 e. The van der Waals surface area contributed by atoms with Crippen LogP contribution in [-0.2, 0) is 42.8 Å². The number of ether oxygens (including phenoxy) is 6. The van der Waals surface area contributed by atoms with Gasteiger partial charge < -0.3 is 33.5 Å². The Kier molecular flexibility index (Phi) is 9.70. The molecule has 0 spiro atoms. The lowest BCUT2D eigenvalue weighted by molar-refractivity contribution is -0.162. The molecule has 264 valence electrons. The fourth-order valence-electron chi connectivity index (χ4n) is 9.87. The number of aliphatic carboxylic acids is 1. The Morgan fingerprint density at radius 2 is 1.02 bits per heavy atom. The summed E-state index contributed by atoms with van der Waals surface area (Å²) in [6, 6.07) is 0. The van der Waals surface area contributed by atoms with Crippen molar-refractivity contribution in [3.63, 3.8) is 0 Å². The molecular weight excluding hydrogens is 604 g/mol. The van der Waals surface area contributed by atoms with Crippen molar-refractivity contribution in [2.45, 2.75) is 154 Å².